The fourth-order valence-electron chi connectivity index (χ4n) is 1.93. The van der Waals surface area contributed by atoms with Crippen molar-refractivity contribution in [2.24, 2.45) is 0 Å². The molecule has 0 saturated heterocycles. The van der Waals surface area contributed by atoms with Gasteiger partial charge < -0.3 is 5.11 Å². The molecule has 19 heavy (non-hydrogen) atoms. The number of benzene rings is 1. The molecule has 0 radical (unpaired) electrons. The van der Waals surface area contributed by atoms with Gasteiger partial charge in [-0.2, -0.15) is 0 Å². The second-order valence-corrected chi connectivity index (χ2v) is 5.53. The fourth-order valence-corrected chi connectivity index (χ4v) is 3.45. The Morgan fingerprint density at radius 3 is 2.42 bits per heavy atom. The summed E-state index contributed by atoms with van der Waals surface area (Å²) in [6.45, 7) is 3.47. The van der Waals surface area contributed by atoms with Crippen LogP contribution < -0.4 is 0 Å². The van der Waals surface area contributed by atoms with Crippen LogP contribution in [0, 0.1) is 0 Å². The van der Waals surface area contributed by atoms with Crippen LogP contribution in [0.1, 0.15) is 48.2 Å². The molecule has 1 aromatic rings. The van der Waals surface area contributed by atoms with Crippen LogP contribution in [0.4, 0.5) is 8.78 Å². The van der Waals surface area contributed by atoms with Crippen LogP contribution in [0.3, 0.4) is 0 Å². The standard InChI is InChI=1S/C13H16F2O3S/c1-3-7-19(18)11-8(4-2)9(13(16)17)5-6-10(11)12(14)15/h5-6,12H,3-4,7H2,1-2H3,(H,16,17)/t19-/m1/s1. The second kappa shape index (κ2) is 6.75. The molecular formula is C13H16F2O3S. The van der Waals surface area contributed by atoms with Gasteiger partial charge in [0.15, 0.2) is 0 Å². The predicted molar refractivity (Wildman–Crippen MR) is 69.3 cm³/mol. The normalized spacial score (nSPS) is 12.7. The maximum Gasteiger partial charge on any atom is 0.336 e. The Balaban J connectivity index is 3.54. The van der Waals surface area contributed by atoms with E-state index >= 15 is 0 Å². The second-order valence-electron chi connectivity index (χ2n) is 4.02. The Morgan fingerprint density at radius 2 is 2.00 bits per heavy atom. The predicted octanol–water partition coefficient (Wildman–Crippen LogP) is 3.40. The van der Waals surface area contributed by atoms with Crippen LogP contribution in [0.5, 0.6) is 0 Å². The number of carboxylic acid groups (broad SMARTS) is 1. The Bertz CT molecular complexity index is 501. The van der Waals surface area contributed by atoms with Crippen molar-refractivity contribution in [1.29, 1.82) is 0 Å². The zero-order valence-electron chi connectivity index (χ0n) is 10.8. The Morgan fingerprint density at radius 1 is 1.37 bits per heavy atom. The third-order valence-electron chi connectivity index (χ3n) is 2.73. The summed E-state index contributed by atoms with van der Waals surface area (Å²) in [5.41, 5.74) is -0.128. The molecule has 0 aliphatic rings. The molecule has 0 fully saturated rings. The summed E-state index contributed by atoms with van der Waals surface area (Å²) in [6, 6.07) is 2.23. The molecule has 0 amide bonds. The van der Waals surface area contributed by atoms with Gasteiger partial charge in [-0.25, -0.2) is 13.6 Å². The molecular weight excluding hydrogens is 274 g/mol. The summed E-state index contributed by atoms with van der Waals surface area (Å²) in [5.74, 6) is -0.942. The van der Waals surface area contributed by atoms with Crippen molar-refractivity contribution in [1.82, 2.24) is 0 Å². The molecule has 1 atom stereocenters. The van der Waals surface area contributed by atoms with E-state index in [1.54, 1.807) is 13.8 Å². The molecule has 0 heterocycles. The van der Waals surface area contributed by atoms with Gasteiger partial charge in [-0.1, -0.05) is 19.9 Å². The molecule has 0 spiro atoms. The van der Waals surface area contributed by atoms with Crippen LogP contribution in [0.25, 0.3) is 0 Å². The topological polar surface area (TPSA) is 54.4 Å². The van der Waals surface area contributed by atoms with Crippen molar-refractivity contribution in [2.45, 2.75) is 38.0 Å². The van der Waals surface area contributed by atoms with Crippen LogP contribution in [-0.2, 0) is 17.2 Å². The number of carbonyl (C=O) groups is 1. The van der Waals surface area contributed by atoms with E-state index in [0.717, 1.165) is 12.1 Å². The maximum absolute atomic E-state index is 13.0. The van der Waals surface area contributed by atoms with Gasteiger partial charge in [0.2, 0.25) is 0 Å². The molecule has 0 aromatic heterocycles. The van der Waals surface area contributed by atoms with Gasteiger partial charge in [-0.3, -0.25) is 4.21 Å². The van der Waals surface area contributed by atoms with Crippen LogP contribution in [-0.4, -0.2) is 21.0 Å². The van der Waals surface area contributed by atoms with E-state index in [-0.39, 0.29) is 33.8 Å². The van der Waals surface area contributed by atoms with Crippen LogP contribution >= 0.6 is 0 Å². The van der Waals surface area contributed by atoms with Crippen molar-refractivity contribution in [3.8, 4) is 0 Å². The minimum Gasteiger partial charge on any atom is -0.478 e. The zero-order valence-corrected chi connectivity index (χ0v) is 11.6. The number of alkyl halides is 2. The molecule has 0 bridgehead atoms. The summed E-state index contributed by atoms with van der Waals surface area (Å²) in [6.07, 6.45) is -1.92. The number of rotatable bonds is 6. The van der Waals surface area contributed by atoms with Crippen molar-refractivity contribution < 1.29 is 22.9 Å². The largest absolute Gasteiger partial charge is 0.478 e. The van der Waals surface area contributed by atoms with Crippen molar-refractivity contribution in [3.63, 3.8) is 0 Å². The van der Waals surface area contributed by atoms with Crippen molar-refractivity contribution >= 4 is 16.8 Å². The lowest BCUT2D eigenvalue weighted by atomic mass is 10.0. The van der Waals surface area contributed by atoms with Gasteiger partial charge in [0.25, 0.3) is 6.43 Å². The number of hydrogen-bond donors (Lipinski definition) is 1. The molecule has 0 aliphatic heterocycles. The van der Waals surface area contributed by atoms with Gasteiger partial charge in [0.1, 0.15) is 0 Å². The van der Waals surface area contributed by atoms with Crippen molar-refractivity contribution in [3.05, 3.63) is 28.8 Å². The zero-order chi connectivity index (χ0) is 14.6. The first-order chi connectivity index (χ1) is 8.93. The highest BCUT2D eigenvalue weighted by Crippen LogP contribution is 2.31. The van der Waals surface area contributed by atoms with Crippen LogP contribution in [0.2, 0.25) is 0 Å². The van der Waals surface area contributed by atoms with Crippen molar-refractivity contribution in [2.75, 3.05) is 5.75 Å². The average Bonchev–Trinajstić information content (AvgIpc) is 2.36. The van der Waals surface area contributed by atoms with E-state index in [1.165, 1.54) is 0 Å². The number of hydrogen-bond acceptors (Lipinski definition) is 2. The smallest absolute Gasteiger partial charge is 0.336 e. The molecule has 1 rings (SSSR count). The van der Waals surface area contributed by atoms with Gasteiger partial charge in [-0.05, 0) is 24.5 Å². The number of halogens is 2. The van der Waals surface area contributed by atoms with Crippen LogP contribution in [0.15, 0.2) is 17.0 Å². The summed E-state index contributed by atoms with van der Waals surface area (Å²) >= 11 is 0. The van der Waals surface area contributed by atoms with E-state index < -0.39 is 23.2 Å². The first-order valence-corrected chi connectivity index (χ1v) is 7.31. The lowest BCUT2D eigenvalue weighted by Gasteiger charge is -2.15. The quantitative estimate of drug-likeness (QED) is 0.873. The fraction of sp³-hybridized carbons (Fsp3) is 0.462. The molecule has 1 N–H and O–H groups in total. The molecule has 0 aliphatic carbocycles. The third-order valence-corrected chi connectivity index (χ3v) is 4.44. The Labute approximate surface area is 113 Å². The average molecular weight is 290 g/mol. The van der Waals surface area contributed by atoms with Gasteiger partial charge >= 0.3 is 5.97 Å². The minimum absolute atomic E-state index is 0.000694. The van der Waals surface area contributed by atoms with E-state index in [0.29, 0.717) is 6.42 Å². The molecule has 6 heteroatoms. The molecule has 3 nitrogen and oxygen atoms in total. The third kappa shape index (κ3) is 3.37. The first kappa shape index (κ1) is 15.8. The summed E-state index contributed by atoms with van der Waals surface area (Å²) in [5, 5.41) is 9.08. The first-order valence-electron chi connectivity index (χ1n) is 5.99. The van der Waals surface area contributed by atoms with Gasteiger partial charge in [-0.15, -0.1) is 0 Å². The van der Waals surface area contributed by atoms with E-state index in [4.69, 9.17) is 5.11 Å². The van der Waals surface area contributed by atoms with Gasteiger partial charge in [0.05, 0.1) is 21.3 Å². The molecule has 106 valence electrons. The maximum atomic E-state index is 13.0. The highest BCUT2D eigenvalue weighted by molar-refractivity contribution is 7.85. The molecule has 1 aromatic carbocycles. The monoisotopic (exact) mass is 290 g/mol. The molecule has 0 saturated carbocycles. The SMILES string of the molecule is CCC[S@@](=O)c1c(C(F)F)ccc(C(=O)O)c1CC. The Hall–Kier alpha value is -1.30. The molecule has 0 unspecified atom stereocenters. The minimum atomic E-state index is -2.76. The lowest BCUT2D eigenvalue weighted by Crippen LogP contribution is -2.11. The lowest BCUT2D eigenvalue weighted by molar-refractivity contribution is 0.0694. The highest BCUT2D eigenvalue weighted by atomic mass is 32.2. The number of aromatic carboxylic acids is 1. The summed E-state index contributed by atoms with van der Waals surface area (Å²) in [7, 11) is -1.60. The Kier molecular flexibility index (Phi) is 5.60. The summed E-state index contributed by atoms with van der Waals surface area (Å²) < 4.78 is 38.1. The number of carboxylic acids is 1. The summed E-state index contributed by atoms with van der Waals surface area (Å²) in [4.78, 5) is 11.1. The van der Waals surface area contributed by atoms with E-state index in [2.05, 4.69) is 0 Å². The van der Waals surface area contributed by atoms with E-state index in [9.17, 15) is 17.8 Å². The van der Waals surface area contributed by atoms with E-state index in [1.807, 2.05) is 0 Å². The highest BCUT2D eigenvalue weighted by Gasteiger charge is 2.24. The van der Waals surface area contributed by atoms with Gasteiger partial charge in [0, 0.05) is 11.3 Å².